The van der Waals surface area contributed by atoms with Crippen LogP contribution in [0.2, 0.25) is 0 Å². The fraction of sp³-hybridized carbons (Fsp3) is 0.241. The Hall–Kier alpha value is -4.26. The van der Waals surface area contributed by atoms with Crippen LogP contribution in [-0.4, -0.2) is 39.4 Å². The second kappa shape index (κ2) is 13.6. The molecule has 7 heteroatoms. The lowest BCUT2D eigenvalue weighted by molar-refractivity contribution is -0.162. The Kier molecular flexibility index (Phi) is 9.94. The highest BCUT2D eigenvalue weighted by Crippen LogP contribution is 2.28. The summed E-state index contributed by atoms with van der Waals surface area (Å²) in [6.07, 6.45) is 2.56. The number of benzene rings is 3. The van der Waals surface area contributed by atoms with Crippen LogP contribution < -0.4 is 14.2 Å². The van der Waals surface area contributed by atoms with Gasteiger partial charge in [-0.2, -0.15) is 0 Å². The van der Waals surface area contributed by atoms with Crippen molar-refractivity contribution in [1.82, 2.24) is 0 Å². The van der Waals surface area contributed by atoms with Gasteiger partial charge in [0.2, 0.25) is 6.10 Å². The zero-order valence-electron chi connectivity index (χ0n) is 20.6. The van der Waals surface area contributed by atoms with Crippen molar-refractivity contribution in [2.24, 2.45) is 0 Å². The lowest BCUT2D eigenvalue weighted by atomic mass is 10.1. The average molecular weight is 491 g/mol. The number of ether oxygens (including phenoxy) is 5. The number of hydrogen-bond acceptors (Lipinski definition) is 7. The van der Waals surface area contributed by atoms with E-state index in [0.29, 0.717) is 24.5 Å². The maximum atomic E-state index is 12.4. The van der Waals surface area contributed by atoms with Crippen molar-refractivity contribution >= 4 is 11.9 Å². The third kappa shape index (κ3) is 7.91. The van der Waals surface area contributed by atoms with Crippen LogP contribution in [0.4, 0.5) is 0 Å². The number of carbonyl (C=O) groups is 2. The van der Waals surface area contributed by atoms with Gasteiger partial charge in [-0.3, -0.25) is 0 Å². The largest absolute Gasteiger partial charge is 0.493 e. The Bertz CT molecular complexity index is 1150. The van der Waals surface area contributed by atoms with Crippen molar-refractivity contribution in [3.63, 3.8) is 0 Å². The summed E-state index contributed by atoms with van der Waals surface area (Å²) >= 11 is 0. The van der Waals surface area contributed by atoms with Gasteiger partial charge in [0.15, 0.2) is 11.5 Å². The number of methoxy groups -OCH3 is 3. The van der Waals surface area contributed by atoms with Crippen LogP contribution in [-0.2, 0) is 38.5 Å². The number of esters is 2. The molecule has 3 aromatic carbocycles. The molecule has 0 saturated carbocycles. The minimum Gasteiger partial charge on any atom is -0.493 e. The summed E-state index contributed by atoms with van der Waals surface area (Å²) in [6.45, 7) is 0.497. The first kappa shape index (κ1) is 26.3. The average Bonchev–Trinajstić information content (AvgIpc) is 2.92. The van der Waals surface area contributed by atoms with Crippen molar-refractivity contribution in [3.8, 4) is 17.2 Å². The van der Waals surface area contributed by atoms with Gasteiger partial charge in [0.05, 0.1) is 21.3 Å². The molecule has 7 nitrogen and oxygen atoms in total. The van der Waals surface area contributed by atoms with E-state index in [-0.39, 0.29) is 6.42 Å². The van der Waals surface area contributed by atoms with Crippen LogP contribution in [0.5, 0.6) is 17.2 Å². The molecule has 0 radical (unpaired) electrons. The number of carbonyl (C=O) groups excluding carboxylic acids is 2. The van der Waals surface area contributed by atoms with E-state index >= 15 is 0 Å². The number of allylic oxidation sites excluding steroid dienone is 1. The zero-order valence-corrected chi connectivity index (χ0v) is 20.6. The molecule has 1 atom stereocenters. The molecule has 0 aromatic heterocycles. The second-order valence-electron chi connectivity index (χ2n) is 7.87. The van der Waals surface area contributed by atoms with E-state index in [4.69, 9.17) is 23.7 Å². The van der Waals surface area contributed by atoms with Gasteiger partial charge in [-0.1, -0.05) is 54.6 Å². The van der Waals surface area contributed by atoms with Crippen molar-refractivity contribution in [1.29, 1.82) is 0 Å². The van der Waals surface area contributed by atoms with Crippen molar-refractivity contribution in [2.45, 2.75) is 25.6 Å². The highest BCUT2D eigenvalue weighted by Gasteiger charge is 2.24. The monoisotopic (exact) mass is 490 g/mol. The fourth-order valence-corrected chi connectivity index (χ4v) is 3.46. The van der Waals surface area contributed by atoms with Gasteiger partial charge in [0, 0.05) is 12.5 Å². The van der Waals surface area contributed by atoms with Gasteiger partial charge in [-0.25, -0.2) is 9.59 Å². The molecule has 1 unspecified atom stereocenters. The molecule has 0 aliphatic carbocycles. The van der Waals surface area contributed by atoms with Crippen LogP contribution in [0.1, 0.15) is 16.7 Å². The Labute approximate surface area is 211 Å². The molecule has 0 saturated heterocycles. The summed E-state index contributed by atoms with van der Waals surface area (Å²) in [4.78, 5) is 24.6. The molecule has 0 N–H and O–H groups in total. The predicted molar refractivity (Wildman–Crippen MR) is 135 cm³/mol. The normalized spacial score (nSPS) is 11.5. The molecule has 3 aromatic rings. The maximum absolute atomic E-state index is 12.4. The molecule has 0 fully saturated rings. The highest BCUT2D eigenvalue weighted by molar-refractivity contribution is 5.85. The SMILES string of the molecule is COC(=O)C(Cc1ccc(OC)c(OC)c1)OC(=O)/C=C/Cc1ccc(OCc2ccccc2)cc1. The van der Waals surface area contributed by atoms with Gasteiger partial charge in [0.25, 0.3) is 0 Å². The first-order valence-electron chi connectivity index (χ1n) is 11.4. The third-order valence-corrected chi connectivity index (χ3v) is 5.37. The molecule has 0 spiro atoms. The Morgan fingerprint density at radius 3 is 2.17 bits per heavy atom. The Morgan fingerprint density at radius 2 is 1.50 bits per heavy atom. The highest BCUT2D eigenvalue weighted by atomic mass is 16.6. The molecule has 0 bridgehead atoms. The van der Waals surface area contributed by atoms with E-state index < -0.39 is 18.0 Å². The lowest BCUT2D eigenvalue weighted by Gasteiger charge is -2.16. The maximum Gasteiger partial charge on any atom is 0.347 e. The van der Waals surface area contributed by atoms with Crippen molar-refractivity contribution in [2.75, 3.05) is 21.3 Å². The second-order valence-corrected chi connectivity index (χ2v) is 7.87. The van der Waals surface area contributed by atoms with Crippen LogP contribution in [0.15, 0.2) is 84.9 Å². The third-order valence-electron chi connectivity index (χ3n) is 5.37. The van der Waals surface area contributed by atoms with Gasteiger partial charge in [-0.05, 0) is 47.4 Å². The van der Waals surface area contributed by atoms with Gasteiger partial charge < -0.3 is 23.7 Å². The molecule has 188 valence electrons. The molecule has 0 heterocycles. The molecular formula is C29H30O7. The summed E-state index contributed by atoms with van der Waals surface area (Å²) in [5.41, 5.74) is 2.83. The van der Waals surface area contributed by atoms with E-state index in [1.807, 2.05) is 54.6 Å². The number of rotatable bonds is 12. The van der Waals surface area contributed by atoms with E-state index in [0.717, 1.165) is 22.4 Å². The van der Waals surface area contributed by atoms with Crippen LogP contribution in [0.3, 0.4) is 0 Å². The Balaban J connectivity index is 1.53. The summed E-state index contributed by atoms with van der Waals surface area (Å²) in [6, 6.07) is 22.8. The first-order valence-corrected chi connectivity index (χ1v) is 11.4. The number of hydrogen-bond donors (Lipinski definition) is 0. The fourth-order valence-electron chi connectivity index (χ4n) is 3.46. The van der Waals surface area contributed by atoms with Crippen LogP contribution >= 0.6 is 0 Å². The quantitative estimate of drug-likeness (QED) is 0.269. The lowest BCUT2D eigenvalue weighted by Crippen LogP contribution is -2.30. The molecule has 0 aliphatic heterocycles. The minimum atomic E-state index is -1.09. The molecular weight excluding hydrogens is 460 g/mol. The topological polar surface area (TPSA) is 80.3 Å². The van der Waals surface area contributed by atoms with Gasteiger partial charge in [-0.15, -0.1) is 0 Å². The summed E-state index contributed by atoms with van der Waals surface area (Å²) < 4.78 is 26.5. The van der Waals surface area contributed by atoms with E-state index in [9.17, 15) is 9.59 Å². The smallest absolute Gasteiger partial charge is 0.347 e. The van der Waals surface area contributed by atoms with E-state index in [2.05, 4.69) is 0 Å². The summed E-state index contributed by atoms with van der Waals surface area (Å²) in [5.74, 6) is 0.571. The van der Waals surface area contributed by atoms with Crippen LogP contribution in [0.25, 0.3) is 0 Å². The van der Waals surface area contributed by atoms with E-state index in [1.165, 1.54) is 27.4 Å². The van der Waals surface area contributed by atoms with Gasteiger partial charge in [0.1, 0.15) is 12.4 Å². The summed E-state index contributed by atoms with van der Waals surface area (Å²) in [5, 5.41) is 0. The Morgan fingerprint density at radius 1 is 0.806 bits per heavy atom. The van der Waals surface area contributed by atoms with Gasteiger partial charge >= 0.3 is 11.9 Å². The van der Waals surface area contributed by atoms with Crippen molar-refractivity contribution < 1.29 is 33.3 Å². The molecule has 36 heavy (non-hydrogen) atoms. The molecule has 0 aliphatic rings. The first-order chi connectivity index (χ1) is 17.5. The standard InChI is InChI=1S/C29H30O7/c1-32-25-17-14-23(18-26(25)33-2)19-27(29(31)34-3)36-28(30)11-7-10-21-12-15-24(16-13-21)35-20-22-8-5-4-6-9-22/h4-9,11-18,27H,10,19-20H2,1-3H3/b11-7+. The van der Waals surface area contributed by atoms with Crippen LogP contribution in [0, 0.1) is 0 Å². The van der Waals surface area contributed by atoms with Crippen molar-refractivity contribution in [3.05, 3.63) is 102 Å². The van der Waals surface area contributed by atoms with E-state index in [1.54, 1.807) is 24.3 Å². The predicted octanol–water partition coefficient (Wildman–Crippen LogP) is 4.71. The minimum absolute atomic E-state index is 0.136. The summed E-state index contributed by atoms with van der Waals surface area (Å²) in [7, 11) is 4.31. The zero-order chi connectivity index (χ0) is 25.8. The molecule has 0 amide bonds. The molecule has 3 rings (SSSR count).